The van der Waals surface area contributed by atoms with Crippen LogP contribution in [0.25, 0.3) is 16.7 Å². The van der Waals surface area contributed by atoms with Crippen molar-refractivity contribution in [3.8, 4) is 5.69 Å². The first-order valence-corrected chi connectivity index (χ1v) is 8.03. The minimum Gasteiger partial charge on any atom is -0.308 e. The first kappa shape index (κ1) is 13.9. The maximum absolute atomic E-state index is 13.0. The number of hydrogen-bond acceptors (Lipinski definition) is 4. The number of amides is 1. The molecule has 0 bridgehead atoms. The van der Waals surface area contributed by atoms with Gasteiger partial charge in [-0.15, -0.1) is 0 Å². The molecule has 0 unspecified atom stereocenters. The van der Waals surface area contributed by atoms with Crippen LogP contribution in [0.3, 0.4) is 0 Å². The molecule has 0 atom stereocenters. The average molecular weight is 330 g/mol. The lowest BCUT2D eigenvalue weighted by atomic mass is 10.3. The Kier molecular flexibility index (Phi) is 2.93. The fourth-order valence-corrected chi connectivity index (χ4v) is 3.23. The van der Waals surface area contributed by atoms with E-state index in [0.717, 1.165) is 23.3 Å². The van der Waals surface area contributed by atoms with Gasteiger partial charge in [0.1, 0.15) is 5.69 Å². The Morgan fingerprint density at radius 1 is 1.08 bits per heavy atom. The van der Waals surface area contributed by atoms with Crippen LogP contribution in [0.1, 0.15) is 10.5 Å². The SMILES string of the molecule is O=C(c1cc(-n2ccnc2)ccn1)N1CCn2c1nc1ccccc12. The molecular weight excluding hydrogens is 316 g/mol. The van der Waals surface area contributed by atoms with Gasteiger partial charge in [-0.3, -0.25) is 14.7 Å². The topological polar surface area (TPSA) is 68.8 Å². The lowest BCUT2D eigenvalue weighted by Crippen LogP contribution is -2.30. The first-order chi connectivity index (χ1) is 12.3. The van der Waals surface area contributed by atoms with Gasteiger partial charge in [-0.25, -0.2) is 9.97 Å². The molecular formula is C18H14N6O. The summed E-state index contributed by atoms with van der Waals surface area (Å²) in [4.78, 5) is 27.6. The van der Waals surface area contributed by atoms with Crippen LogP contribution in [0.2, 0.25) is 0 Å². The fourth-order valence-electron chi connectivity index (χ4n) is 3.23. The van der Waals surface area contributed by atoms with Crippen molar-refractivity contribution in [1.82, 2.24) is 24.1 Å². The van der Waals surface area contributed by atoms with Gasteiger partial charge in [0.15, 0.2) is 0 Å². The molecule has 1 amide bonds. The van der Waals surface area contributed by atoms with E-state index in [4.69, 9.17) is 0 Å². The maximum Gasteiger partial charge on any atom is 0.279 e. The van der Waals surface area contributed by atoms with Crippen molar-refractivity contribution < 1.29 is 4.79 Å². The highest BCUT2D eigenvalue weighted by atomic mass is 16.2. The monoisotopic (exact) mass is 330 g/mol. The zero-order valence-electron chi connectivity index (χ0n) is 13.3. The van der Waals surface area contributed by atoms with E-state index in [9.17, 15) is 4.79 Å². The Bertz CT molecular complexity index is 1080. The number of rotatable bonds is 2. The Balaban J connectivity index is 1.53. The number of fused-ring (bicyclic) bond motifs is 3. The van der Waals surface area contributed by atoms with Crippen LogP contribution in [-0.2, 0) is 6.54 Å². The van der Waals surface area contributed by atoms with Gasteiger partial charge in [-0.2, -0.15) is 0 Å². The number of imidazole rings is 2. The molecule has 1 aliphatic heterocycles. The Labute approximate surface area is 143 Å². The minimum atomic E-state index is -0.143. The third-order valence-electron chi connectivity index (χ3n) is 4.43. The van der Waals surface area contributed by atoms with Crippen molar-refractivity contribution in [1.29, 1.82) is 0 Å². The van der Waals surface area contributed by atoms with Crippen LogP contribution < -0.4 is 4.90 Å². The molecule has 122 valence electrons. The summed E-state index contributed by atoms with van der Waals surface area (Å²) in [6.45, 7) is 1.34. The first-order valence-electron chi connectivity index (χ1n) is 8.03. The molecule has 0 N–H and O–H groups in total. The largest absolute Gasteiger partial charge is 0.308 e. The number of pyridine rings is 1. The second-order valence-electron chi connectivity index (χ2n) is 5.88. The molecule has 25 heavy (non-hydrogen) atoms. The van der Waals surface area contributed by atoms with Gasteiger partial charge in [0.25, 0.3) is 5.91 Å². The average Bonchev–Trinajstić information content (AvgIpc) is 3.37. The van der Waals surface area contributed by atoms with Gasteiger partial charge in [0.2, 0.25) is 5.95 Å². The molecule has 4 aromatic rings. The third-order valence-corrected chi connectivity index (χ3v) is 4.43. The predicted molar refractivity (Wildman–Crippen MR) is 92.8 cm³/mol. The lowest BCUT2D eigenvalue weighted by molar-refractivity contribution is 0.0984. The second-order valence-corrected chi connectivity index (χ2v) is 5.88. The predicted octanol–water partition coefficient (Wildman–Crippen LogP) is 2.28. The van der Waals surface area contributed by atoms with Gasteiger partial charge >= 0.3 is 0 Å². The van der Waals surface area contributed by atoms with Crippen molar-refractivity contribution in [2.45, 2.75) is 6.54 Å². The van der Waals surface area contributed by atoms with E-state index in [-0.39, 0.29) is 5.91 Å². The normalized spacial score (nSPS) is 13.4. The van der Waals surface area contributed by atoms with E-state index < -0.39 is 0 Å². The Morgan fingerprint density at radius 3 is 2.88 bits per heavy atom. The molecule has 0 saturated heterocycles. The van der Waals surface area contributed by atoms with Crippen molar-refractivity contribution in [2.24, 2.45) is 0 Å². The van der Waals surface area contributed by atoms with E-state index >= 15 is 0 Å². The zero-order valence-corrected chi connectivity index (χ0v) is 13.3. The maximum atomic E-state index is 13.0. The van der Waals surface area contributed by atoms with Crippen LogP contribution in [0.15, 0.2) is 61.3 Å². The Morgan fingerprint density at radius 2 is 2.00 bits per heavy atom. The zero-order chi connectivity index (χ0) is 16.8. The van der Waals surface area contributed by atoms with Gasteiger partial charge in [0, 0.05) is 31.7 Å². The highest BCUT2D eigenvalue weighted by Crippen LogP contribution is 2.28. The van der Waals surface area contributed by atoms with Crippen molar-refractivity contribution >= 4 is 22.9 Å². The molecule has 0 fully saturated rings. The summed E-state index contributed by atoms with van der Waals surface area (Å²) >= 11 is 0. The van der Waals surface area contributed by atoms with Crippen molar-refractivity contribution in [3.63, 3.8) is 0 Å². The smallest absolute Gasteiger partial charge is 0.279 e. The molecule has 3 aromatic heterocycles. The molecule has 0 spiro atoms. The van der Waals surface area contributed by atoms with Gasteiger partial charge in [-0.1, -0.05) is 12.1 Å². The van der Waals surface area contributed by atoms with Crippen molar-refractivity contribution in [2.75, 3.05) is 11.4 Å². The summed E-state index contributed by atoms with van der Waals surface area (Å²) < 4.78 is 3.92. The molecule has 4 heterocycles. The summed E-state index contributed by atoms with van der Waals surface area (Å²) in [5, 5.41) is 0. The summed E-state index contributed by atoms with van der Waals surface area (Å²) in [6, 6.07) is 11.5. The number of carbonyl (C=O) groups excluding carboxylic acids is 1. The standard InChI is InChI=1S/C18H14N6O/c25-17(15-11-13(5-6-20-15)22-8-7-19-12-22)24-10-9-23-16-4-2-1-3-14(16)21-18(23)24/h1-8,11-12H,9-10H2. The number of benzene rings is 1. The van der Waals surface area contributed by atoms with E-state index in [1.165, 1.54) is 0 Å². The number of carbonyl (C=O) groups is 1. The fraction of sp³-hybridized carbons (Fsp3) is 0.111. The third kappa shape index (κ3) is 2.13. The minimum absolute atomic E-state index is 0.143. The van der Waals surface area contributed by atoms with E-state index in [0.29, 0.717) is 18.2 Å². The molecule has 0 radical (unpaired) electrons. The van der Waals surface area contributed by atoms with E-state index in [2.05, 4.69) is 19.5 Å². The van der Waals surface area contributed by atoms with E-state index in [1.807, 2.05) is 41.1 Å². The second kappa shape index (κ2) is 5.27. The van der Waals surface area contributed by atoms with Crippen LogP contribution in [0, 0.1) is 0 Å². The number of anilines is 1. The van der Waals surface area contributed by atoms with Gasteiger partial charge in [-0.05, 0) is 24.3 Å². The summed E-state index contributed by atoms with van der Waals surface area (Å²) in [6.07, 6.45) is 6.87. The summed E-state index contributed by atoms with van der Waals surface area (Å²) in [5.74, 6) is 0.539. The number of para-hydroxylation sites is 2. The van der Waals surface area contributed by atoms with Crippen LogP contribution in [0.5, 0.6) is 0 Å². The van der Waals surface area contributed by atoms with Crippen LogP contribution in [-0.4, -0.2) is 36.5 Å². The summed E-state index contributed by atoms with van der Waals surface area (Å²) in [5.41, 5.74) is 3.19. The molecule has 1 aliphatic rings. The molecule has 0 saturated carbocycles. The quantitative estimate of drug-likeness (QED) is 0.565. The lowest BCUT2D eigenvalue weighted by Gasteiger charge is -2.14. The molecule has 0 aliphatic carbocycles. The van der Waals surface area contributed by atoms with Gasteiger partial charge in [0.05, 0.1) is 23.0 Å². The number of aromatic nitrogens is 5. The molecule has 7 nitrogen and oxygen atoms in total. The van der Waals surface area contributed by atoms with Crippen LogP contribution in [0.4, 0.5) is 5.95 Å². The van der Waals surface area contributed by atoms with Crippen molar-refractivity contribution in [3.05, 3.63) is 67.0 Å². The van der Waals surface area contributed by atoms with Gasteiger partial charge < -0.3 is 9.13 Å². The summed E-state index contributed by atoms with van der Waals surface area (Å²) in [7, 11) is 0. The highest BCUT2D eigenvalue weighted by molar-refractivity contribution is 6.05. The highest BCUT2D eigenvalue weighted by Gasteiger charge is 2.29. The molecule has 7 heteroatoms. The number of nitrogens with zero attached hydrogens (tertiary/aromatic N) is 6. The van der Waals surface area contributed by atoms with Crippen LogP contribution >= 0.6 is 0 Å². The van der Waals surface area contributed by atoms with E-state index in [1.54, 1.807) is 29.7 Å². The molecule has 1 aromatic carbocycles. The number of hydrogen-bond donors (Lipinski definition) is 0. The Hall–Kier alpha value is -3.48. The molecule has 5 rings (SSSR count).